The smallest absolute Gasteiger partial charge is 0.235 e. The molecule has 6 N–H and O–H groups in total. The van der Waals surface area contributed by atoms with Gasteiger partial charge in [-0.1, -0.05) is 5.92 Å². The Bertz CT molecular complexity index is 398. The van der Waals surface area contributed by atoms with E-state index in [0.29, 0.717) is 0 Å². The number of nitrogens with two attached hydrogens (primary N) is 1. The van der Waals surface area contributed by atoms with Gasteiger partial charge in [-0.05, 0) is 0 Å². The summed E-state index contributed by atoms with van der Waals surface area (Å²) >= 11 is 0. The zero-order valence-electron chi connectivity index (χ0n) is 6.57. The lowest BCUT2D eigenvalue weighted by atomic mass is 10.2. The molecule has 5 heteroatoms. The molecule has 0 atom stereocenters. The molecule has 0 aromatic carbocycles. The van der Waals surface area contributed by atoms with Crippen LogP contribution in [0, 0.1) is 12.3 Å². The number of rotatable bonds is 1. The molecule has 0 fully saturated rings. The van der Waals surface area contributed by atoms with Gasteiger partial charge in [-0.25, -0.2) is 0 Å². The van der Waals surface area contributed by atoms with Gasteiger partial charge in [0.1, 0.15) is 5.56 Å². The van der Waals surface area contributed by atoms with E-state index in [2.05, 4.69) is 10.9 Å². The second-order valence-electron chi connectivity index (χ2n) is 2.31. The van der Waals surface area contributed by atoms with E-state index in [9.17, 15) is 5.11 Å². The largest absolute Gasteiger partial charge is 0.503 e. The molecular formula is C8H8N2O3. The van der Waals surface area contributed by atoms with E-state index < -0.39 is 17.5 Å². The standard InChI is InChI=1S/C8H8N2O3/c1-2-3-4(9)5-6(11)8(13)10-7(5)12/h1,3,10-13H,9H2/b4-3+. The molecule has 0 aliphatic heterocycles. The monoisotopic (exact) mass is 180 g/mol. The van der Waals surface area contributed by atoms with E-state index in [0.717, 1.165) is 6.08 Å². The van der Waals surface area contributed by atoms with E-state index in [1.54, 1.807) is 0 Å². The summed E-state index contributed by atoms with van der Waals surface area (Å²) in [6.07, 6.45) is 6.09. The number of terminal acetylenes is 1. The van der Waals surface area contributed by atoms with Crippen molar-refractivity contribution in [2.45, 2.75) is 0 Å². The number of aromatic hydroxyl groups is 3. The van der Waals surface area contributed by atoms with Gasteiger partial charge in [-0.2, -0.15) is 0 Å². The Morgan fingerprint density at radius 2 is 2.00 bits per heavy atom. The molecular weight excluding hydrogens is 172 g/mol. The first-order valence-electron chi connectivity index (χ1n) is 3.33. The maximum absolute atomic E-state index is 9.18. The van der Waals surface area contributed by atoms with Crippen LogP contribution in [0.3, 0.4) is 0 Å². The molecule has 1 aromatic rings. The molecule has 0 aliphatic carbocycles. The first-order valence-corrected chi connectivity index (χ1v) is 3.33. The van der Waals surface area contributed by atoms with Crippen molar-refractivity contribution in [3.63, 3.8) is 0 Å². The fraction of sp³-hybridized carbons (Fsp3) is 0. The topological polar surface area (TPSA) is 102 Å². The van der Waals surface area contributed by atoms with Crippen molar-refractivity contribution < 1.29 is 15.3 Å². The molecule has 1 aromatic heterocycles. The van der Waals surface area contributed by atoms with Crippen molar-refractivity contribution in [3.05, 3.63) is 11.6 Å². The second-order valence-corrected chi connectivity index (χ2v) is 2.31. The highest BCUT2D eigenvalue weighted by Gasteiger charge is 2.17. The Balaban J connectivity index is 3.31. The number of aromatic nitrogens is 1. The van der Waals surface area contributed by atoms with Crippen LogP contribution in [-0.2, 0) is 0 Å². The number of hydrogen-bond donors (Lipinski definition) is 5. The summed E-state index contributed by atoms with van der Waals surface area (Å²) < 4.78 is 0. The van der Waals surface area contributed by atoms with Crippen molar-refractivity contribution >= 4 is 5.70 Å². The summed E-state index contributed by atoms with van der Waals surface area (Å²) in [6, 6.07) is 0. The zero-order valence-corrected chi connectivity index (χ0v) is 6.57. The van der Waals surface area contributed by atoms with Crippen molar-refractivity contribution in [2.75, 3.05) is 0 Å². The highest BCUT2D eigenvalue weighted by atomic mass is 16.3. The normalized spacial score (nSPS) is 11.2. The molecule has 68 valence electrons. The molecule has 0 saturated carbocycles. The van der Waals surface area contributed by atoms with Crippen LogP contribution in [0.15, 0.2) is 6.08 Å². The van der Waals surface area contributed by atoms with Crippen LogP contribution < -0.4 is 5.73 Å². The molecule has 0 unspecified atom stereocenters. The quantitative estimate of drug-likeness (QED) is 0.394. The van der Waals surface area contributed by atoms with Crippen LogP contribution in [0.2, 0.25) is 0 Å². The average Bonchev–Trinajstić information content (AvgIpc) is 2.27. The zero-order chi connectivity index (χ0) is 10.0. The Morgan fingerprint density at radius 1 is 1.38 bits per heavy atom. The average molecular weight is 180 g/mol. The van der Waals surface area contributed by atoms with E-state index >= 15 is 0 Å². The van der Waals surface area contributed by atoms with Gasteiger partial charge in [0, 0.05) is 6.08 Å². The molecule has 0 amide bonds. The van der Waals surface area contributed by atoms with Gasteiger partial charge < -0.3 is 21.1 Å². The van der Waals surface area contributed by atoms with Crippen molar-refractivity contribution in [2.24, 2.45) is 5.73 Å². The lowest BCUT2D eigenvalue weighted by Gasteiger charge is -1.97. The molecule has 0 aliphatic rings. The fourth-order valence-corrected chi connectivity index (χ4v) is 0.900. The van der Waals surface area contributed by atoms with Crippen molar-refractivity contribution in [3.8, 4) is 29.9 Å². The van der Waals surface area contributed by atoms with Gasteiger partial charge in [0.15, 0.2) is 5.75 Å². The Hall–Kier alpha value is -2.22. The Morgan fingerprint density at radius 3 is 2.38 bits per heavy atom. The lowest BCUT2D eigenvalue weighted by molar-refractivity contribution is 0.391. The van der Waals surface area contributed by atoms with Gasteiger partial charge in [0.25, 0.3) is 0 Å². The number of aromatic amines is 1. The third-order valence-electron chi connectivity index (χ3n) is 1.46. The maximum Gasteiger partial charge on any atom is 0.235 e. The molecule has 0 bridgehead atoms. The van der Waals surface area contributed by atoms with Gasteiger partial charge in [0.05, 0.1) is 5.70 Å². The first-order chi connectivity index (χ1) is 6.07. The van der Waals surface area contributed by atoms with Crippen LogP contribution in [0.4, 0.5) is 0 Å². The van der Waals surface area contributed by atoms with Crippen LogP contribution in [0.25, 0.3) is 5.70 Å². The van der Waals surface area contributed by atoms with Crippen LogP contribution in [0.1, 0.15) is 5.56 Å². The van der Waals surface area contributed by atoms with Gasteiger partial charge in [-0.15, -0.1) is 6.42 Å². The fourth-order valence-electron chi connectivity index (χ4n) is 0.900. The highest BCUT2D eigenvalue weighted by Crippen LogP contribution is 2.38. The molecule has 0 saturated heterocycles. The number of nitrogens with one attached hydrogen (secondary N) is 1. The summed E-state index contributed by atoms with van der Waals surface area (Å²) in [5, 5.41) is 27.3. The van der Waals surface area contributed by atoms with E-state index in [4.69, 9.17) is 22.4 Å². The highest BCUT2D eigenvalue weighted by molar-refractivity contribution is 5.75. The molecule has 5 nitrogen and oxygen atoms in total. The second kappa shape index (κ2) is 3.03. The van der Waals surface area contributed by atoms with Crippen LogP contribution in [-0.4, -0.2) is 20.3 Å². The number of hydrogen-bond acceptors (Lipinski definition) is 4. The third kappa shape index (κ3) is 1.37. The van der Waals surface area contributed by atoms with E-state index in [1.807, 2.05) is 0 Å². The van der Waals surface area contributed by atoms with E-state index in [1.165, 1.54) is 0 Å². The minimum Gasteiger partial charge on any atom is -0.503 e. The SMILES string of the molecule is C#C/C=C(/N)c1c(O)[nH]c(O)c1O. The maximum atomic E-state index is 9.18. The first kappa shape index (κ1) is 8.87. The predicted molar refractivity (Wildman–Crippen MR) is 46.8 cm³/mol. The van der Waals surface area contributed by atoms with Crippen molar-refractivity contribution in [1.82, 2.24) is 4.98 Å². The van der Waals surface area contributed by atoms with E-state index in [-0.39, 0.29) is 11.3 Å². The summed E-state index contributed by atoms with van der Waals surface area (Å²) in [5.41, 5.74) is 5.28. The summed E-state index contributed by atoms with van der Waals surface area (Å²) in [4.78, 5) is 2.09. The number of H-pyrrole nitrogens is 1. The summed E-state index contributed by atoms with van der Waals surface area (Å²) in [7, 11) is 0. The van der Waals surface area contributed by atoms with Crippen LogP contribution >= 0.6 is 0 Å². The summed E-state index contributed by atoms with van der Waals surface area (Å²) in [6.45, 7) is 0. The molecule has 1 rings (SSSR count). The Kier molecular flexibility index (Phi) is 2.07. The van der Waals surface area contributed by atoms with Gasteiger partial charge in [-0.3, -0.25) is 4.98 Å². The minimum absolute atomic E-state index is 0.00551. The molecule has 13 heavy (non-hydrogen) atoms. The summed E-state index contributed by atoms with van der Waals surface area (Å²) in [5.74, 6) is 0.612. The van der Waals surface area contributed by atoms with Gasteiger partial charge in [0.2, 0.25) is 11.8 Å². The van der Waals surface area contributed by atoms with Crippen molar-refractivity contribution in [1.29, 1.82) is 0 Å². The third-order valence-corrected chi connectivity index (χ3v) is 1.46. The van der Waals surface area contributed by atoms with Gasteiger partial charge >= 0.3 is 0 Å². The van der Waals surface area contributed by atoms with Crippen LogP contribution in [0.5, 0.6) is 17.5 Å². The predicted octanol–water partition coefficient (Wildman–Crippen LogP) is 0.0643. The molecule has 0 radical (unpaired) electrons. The Labute approximate surface area is 74.1 Å². The number of allylic oxidation sites excluding steroid dienone is 1. The molecule has 0 spiro atoms. The molecule has 1 heterocycles. The lowest BCUT2D eigenvalue weighted by Crippen LogP contribution is -1.94. The minimum atomic E-state index is -0.555.